The van der Waals surface area contributed by atoms with Gasteiger partial charge in [0.15, 0.2) is 0 Å². The standard InChI is InChI=1S/C23H22N2O2S2/c1-16-8-10-17(11-9-16)23(20-7-4-14-28-20)24-21(26)12-13-25-18-5-2-3-6-19(18)29-15-22(25)27/h2-11,14,23H,12-13,15H2,1H3,(H,24,26). The molecule has 0 bridgehead atoms. The zero-order valence-corrected chi connectivity index (χ0v) is 17.8. The fraction of sp³-hybridized carbons (Fsp3) is 0.217. The van der Waals surface area contributed by atoms with Crippen molar-refractivity contribution >= 4 is 40.6 Å². The van der Waals surface area contributed by atoms with Crippen molar-refractivity contribution in [2.45, 2.75) is 24.3 Å². The van der Waals surface area contributed by atoms with Gasteiger partial charge in [0, 0.05) is 22.7 Å². The van der Waals surface area contributed by atoms with Gasteiger partial charge in [0.1, 0.15) is 0 Å². The molecular weight excluding hydrogens is 400 g/mol. The third-order valence-electron chi connectivity index (χ3n) is 4.91. The molecule has 0 radical (unpaired) electrons. The molecule has 4 rings (SSSR count). The van der Waals surface area contributed by atoms with Gasteiger partial charge in [0.25, 0.3) is 0 Å². The number of carbonyl (C=O) groups excluding carboxylic acids is 2. The van der Waals surface area contributed by atoms with E-state index in [0.29, 0.717) is 12.3 Å². The first-order chi connectivity index (χ1) is 14.1. The largest absolute Gasteiger partial charge is 0.344 e. The van der Waals surface area contributed by atoms with Crippen LogP contribution < -0.4 is 10.2 Å². The Morgan fingerprint density at radius 2 is 1.90 bits per heavy atom. The number of nitrogens with one attached hydrogen (secondary N) is 1. The summed E-state index contributed by atoms with van der Waals surface area (Å²) in [6, 6.07) is 19.9. The van der Waals surface area contributed by atoms with Crippen LogP contribution in [0.1, 0.15) is 28.5 Å². The van der Waals surface area contributed by atoms with E-state index in [1.807, 2.05) is 48.7 Å². The van der Waals surface area contributed by atoms with Crippen molar-refractivity contribution in [1.82, 2.24) is 5.32 Å². The molecule has 2 aromatic carbocycles. The van der Waals surface area contributed by atoms with Gasteiger partial charge in [-0.1, -0.05) is 48.0 Å². The van der Waals surface area contributed by atoms with Gasteiger partial charge in [-0.15, -0.1) is 23.1 Å². The normalized spacial score (nSPS) is 14.4. The third kappa shape index (κ3) is 4.54. The number of thioether (sulfide) groups is 1. The van der Waals surface area contributed by atoms with Gasteiger partial charge in [-0.2, -0.15) is 0 Å². The van der Waals surface area contributed by atoms with E-state index in [1.54, 1.807) is 28.0 Å². The summed E-state index contributed by atoms with van der Waals surface area (Å²) in [5, 5.41) is 5.18. The van der Waals surface area contributed by atoms with E-state index in [1.165, 1.54) is 5.56 Å². The summed E-state index contributed by atoms with van der Waals surface area (Å²) in [6.07, 6.45) is 0.262. The van der Waals surface area contributed by atoms with Gasteiger partial charge < -0.3 is 10.2 Å². The van der Waals surface area contributed by atoms with Crippen LogP contribution in [0, 0.1) is 6.92 Å². The fourth-order valence-corrected chi connectivity index (χ4v) is 5.12. The van der Waals surface area contributed by atoms with E-state index in [4.69, 9.17) is 0 Å². The van der Waals surface area contributed by atoms with E-state index in [9.17, 15) is 9.59 Å². The second-order valence-corrected chi connectivity index (χ2v) is 8.97. The predicted octanol–water partition coefficient (Wildman–Crippen LogP) is 4.79. The van der Waals surface area contributed by atoms with E-state index in [-0.39, 0.29) is 24.3 Å². The molecule has 0 saturated heterocycles. The first-order valence-electron chi connectivity index (χ1n) is 9.53. The minimum atomic E-state index is -0.178. The molecule has 2 amide bonds. The SMILES string of the molecule is Cc1ccc(C(NC(=O)CCN2C(=O)CSc3ccccc32)c2cccs2)cc1. The molecule has 148 valence electrons. The number of fused-ring (bicyclic) bond motifs is 1. The highest BCUT2D eigenvalue weighted by molar-refractivity contribution is 8.00. The third-order valence-corrected chi connectivity index (χ3v) is 6.90. The minimum Gasteiger partial charge on any atom is -0.344 e. The van der Waals surface area contributed by atoms with Crippen LogP contribution in [-0.4, -0.2) is 24.1 Å². The highest BCUT2D eigenvalue weighted by Gasteiger charge is 2.25. The molecule has 1 atom stereocenters. The molecule has 0 fully saturated rings. The topological polar surface area (TPSA) is 49.4 Å². The maximum absolute atomic E-state index is 12.8. The van der Waals surface area contributed by atoms with Crippen molar-refractivity contribution in [3.63, 3.8) is 0 Å². The van der Waals surface area contributed by atoms with Gasteiger partial charge in [0.05, 0.1) is 17.5 Å². The Balaban J connectivity index is 1.46. The number of anilines is 1. The monoisotopic (exact) mass is 422 g/mol. The van der Waals surface area contributed by atoms with E-state index >= 15 is 0 Å². The first kappa shape index (κ1) is 19.7. The second-order valence-electron chi connectivity index (χ2n) is 6.98. The van der Waals surface area contributed by atoms with Crippen molar-refractivity contribution in [2.24, 2.45) is 0 Å². The molecule has 6 heteroatoms. The van der Waals surface area contributed by atoms with Crippen LogP contribution >= 0.6 is 23.1 Å². The van der Waals surface area contributed by atoms with Gasteiger partial charge in [-0.3, -0.25) is 9.59 Å². The maximum Gasteiger partial charge on any atom is 0.237 e. The van der Waals surface area contributed by atoms with Crippen LogP contribution in [0.2, 0.25) is 0 Å². The molecule has 0 aliphatic carbocycles. The molecule has 2 heterocycles. The van der Waals surface area contributed by atoms with Crippen LogP contribution in [0.4, 0.5) is 5.69 Å². The van der Waals surface area contributed by atoms with Gasteiger partial charge >= 0.3 is 0 Å². The number of nitrogens with zero attached hydrogens (tertiary/aromatic N) is 1. The number of hydrogen-bond donors (Lipinski definition) is 1. The summed E-state index contributed by atoms with van der Waals surface area (Å²) >= 11 is 3.18. The van der Waals surface area contributed by atoms with Crippen molar-refractivity contribution in [3.05, 3.63) is 82.0 Å². The Morgan fingerprint density at radius 3 is 2.66 bits per heavy atom. The van der Waals surface area contributed by atoms with E-state index in [2.05, 4.69) is 29.6 Å². The molecule has 1 unspecified atom stereocenters. The van der Waals surface area contributed by atoms with Crippen molar-refractivity contribution in [2.75, 3.05) is 17.2 Å². The number of amides is 2. The average molecular weight is 423 g/mol. The number of para-hydroxylation sites is 1. The van der Waals surface area contributed by atoms with Crippen molar-refractivity contribution in [3.8, 4) is 0 Å². The Morgan fingerprint density at radius 1 is 1.10 bits per heavy atom. The number of hydrogen-bond acceptors (Lipinski definition) is 4. The van der Waals surface area contributed by atoms with Crippen molar-refractivity contribution < 1.29 is 9.59 Å². The molecule has 29 heavy (non-hydrogen) atoms. The summed E-state index contributed by atoms with van der Waals surface area (Å²) in [6.45, 7) is 2.43. The molecule has 1 aromatic heterocycles. The van der Waals surface area contributed by atoms with Crippen LogP contribution in [0.5, 0.6) is 0 Å². The number of aryl methyl sites for hydroxylation is 1. The molecule has 4 nitrogen and oxygen atoms in total. The summed E-state index contributed by atoms with van der Waals surface area (Å²) in [7, 11) is 0. The second kappa shape index (κ2) is 8.84. The van der Waals surface area contributed by atoms with Crippen LogP contribution in [-0.2, 0) is 9.59 Å². The highest BCUT2D eigenvalue weighted by Crippen LogP contribution is 2.35. The lowest BCUT2D eigenvalue weighted by atomic mass is 10.0. The zero-order valence-electron chi connectivity index (χ0n) is 16.1. The summed E-state index contributed by atoms with van der Waals surface area (Å²) < 4.78 is 0. The zero-order chi connectivity index (χ0) is 20.2. The molecule has 3 aromatic rings. The van der Waals surface area contributed by atoms with Crippen LogP contribution in [0.25, 0.3) is 0 Å². The molecule has 1 aliphatic heterocycles. The van der Waals surface area contributed by atoms with E-state index < -0.39 is 0 Å². The lowest BCUT2D eigenvalue weighted by Gasteiger charge is -2.29. The summed E-state index contributed by atoms with van der Waals surface area (Å²) in [5.74, 6) is 0.405. The molecular formula is C23H22N2O2S2. The van der Waals surface area contributed by atoms with Crippen LogP contribution in [0.3, 0.4) is 0 Å². The molecule has 1 N–H and O–H groups in total. The van der Waals surface area contributed by atoms with Gasteiger partial charge in [0.2, 0.25) is 11.8 Å². The lowest BCUT2D eigenvalue weighted by molar-refractivity contribution is -0.121. The van der Waals surface area contributed by atoms with Crippen molar-refractivity contribution in [1.29, 1.82) is 0 Å². The number of thiophene rings is 1. The Kier molecular flexibility index (Phi) is 6.02. The number of rotatable bonds is 6. The number of carbonyl (C=O) groups is 2. The molecule has 0 spiro atoms. The molecule has 0 saturated carbocycles. The fourth-order valence-electron chi connectivity index (χ4n) is 3.38. The highest BCUT2D eigenvalue weighted by atomic mass is 32.2. The van der Waals surface area contributed by atoms with E-state index in [0.717, 1.165) is 21.0 Å². The van der Waals surface area contributed by atoms with Crippen LogP contribution in [0.15, 0.2) is 70.9 Å². The average Bonchev–Trinajstić information content (AvgIpc) is 3.26. The quantitative estimate of drug-likeness (QED) is 0.621. The predicted molar refractivity (Wildman–Crippen MR) is 120 cm³/mol. The number of benzene rings is 2. The Bertz CT molecular complexity index is 1000. The lowest BCUT2D eigenvalue weighted by Crippen LogP contribution is -2.39. The Hall–Kier alpha value is -2.57. The summed E-state index contributed by atoms with van der Waals surface area (Å²) in [4.78, 5) is 29.1. The molecule has 1 aliphatic rings. The smallest absolute Gasteiger partial charge is 0.237 e. The Labute approximate surface area is 178 Å². The maximum atomic E-state index is 12.8. The summed E-state index contributed by atoms with van der Waals surface area (Å²) in [5.41, 5.74) is 3.14. The van der Waals surface area contributed by atoms with Gasteiger partial charge in [-0.05, 0) is 36.1 Å². The van der Waals surface area contributed by atoms with Gasteiger partial charge in [-0.25, -0.2) is 0 Å². The minimum absolute atomic E-state index is 0.0508. The first-order valence-corrected chi connectivity index (χ1v) is 11.4.